The maximum absolute atomic E-state index is 2.33. The van der Waals surface area contributed by atoms with Crippen LogP contribution < -0.4 is 31.1 Å². The van der Waals surface area contributed by atoms with Crippen molar-refractivity contribution in [3.63, 3.8) is 0 Å². The molecule has 0 bridgehead atoms. The number of hydrogen-bond donors (Lipinski definition) is 0. The summed E-state index contributed by atoms with van der Waals surface area (Å²) in [5.41, 5.74) is 17.4. The van der Waals surface area contributed by atoms with E-state index >= 15 is 0 Å². The predicted molar refractivity (Wildman–Crippen MR) is 262 cm³/mol. The molecule has 294 valence electrons. The maximum atomic E-state index is 2.33. The van der Waals surface area contributed by atoms with Crippen molar-refractivity contribution in [1.82, 2.24) is 0 Å². The molecule has 0 aliphatic carbocycles. The predicted octanol–water partition coefficient (Wildman–Crippen LogP) is 13.5. The zero-order valence-electron chi connectivity index (χ0n) is 34.9. The van der Waals surface area contributed by atoms with Crippen LogP contribution in [-0.4, -0.2) is 6.71 Å². The number of aryl methyl sites for hydroxylation is 3. The summed E-state index contributed by atoms with van der Waals surface area (Å²) >= 11 is 0. The molecule has 9 aromatic rings. The molecule has 0 N–H and O–H groups in total. The van der Waals surface area contributed by atoms with Crippen LogP contribution in [0.25, 0.3) is 0 Å². The summed E-state index contributed by atoms with van der Waals surface area (Å²) < 4.78 is 0. The van der Waals surface area contributed by atoms with Gasteiger partial charge in [-0.25, -0.2) is 0 Å². The van der Waals surface area contributed by atoms with Crippen LogP contribution in [0.15, 0.2) is 237 Å². The van der Waals surface area contributed by atoms with Crippen molar-refractivity contribution in [3.8, 4) is 0 Å². The van der Waals surface area contributed by atoms with E-state index in [1.807, 2.05) is 0 Å². The molecule has 0 saturated heterocycles. The lowest BCUT2D eigenvalue weighted by Crippen LogP contribution is -2.51. The van der Waals surface area contributed by atoms with Gasteiger partial charge in [0, 0.05) is 51.2 Å². The summed E-state index contributed by atoms with van der Waals surface area (Å²) in [7, 11) is 0. The van der Waals surface area contributed by atoms with Gasteiger partial charge in [0.15, 0.2) is 0 Å². The molecule has 0 amide bonds. The lowest BCUT2D eigenvalue weighted by atomic mass is 9.37. The zero-order chi connectivity index (χ0) is 41.5. The van der Waals surface area contributed by atoms with Gasteiger partial charge in [0.05, 0.1) is 0 Å². The number of para-hydroxylation sites is 3. The second-order valence-electron chi connectivity index (χ2n) is 15.7. The van der Waals surface area contributed by atoms with E-state index in [-0.39, 0.29) is 6.71 Å². The van der Waals surface area contributed by atoms with Crippen molar-refractivity contribution in [1.29, 1.82) is 0 Å². The largest absolute Gasteiger partial charge is 0.311 e. The number of rotatable bonds is 12. The summed E-state index contributed by atoms with van der Waals surface area (Å²) in [6.45, 7) is 6.38. The molecule has 3 nitrogen and oxygen atoms in total. The first-order chi connectivity index (χ1) is 30.0. The molecule has 0 fully saturated rings. The monoisotopic (exact) mass is 785 g/mol. The molecule has 0 aliphatic heterocycles. The first-order valence-electron chi connectivity index (χ1n) is 21.0. The Kier molecular flexibility index (Phi) is 11.3. The Bertz CT molecular complexity index is 2460. The highest BCUT2D eigenvalue weighted by Gasteiger charge is 2.24. The van der Waals surface area contributed by atoms with Gasteiger partial charge in [-0.05, 0) is 130 Å². The first-order valence-corrected chi connectivity index (χ1v) is 21.0. The quantitative estimate of drug-likeness (QED) is 0.114. The van der Waals surface area contributed by atoms with Crippen LogP contribution in [0.5, 0.6) is 0 Å². The first kappa shape index (κ1) is 38.9. The van der Waals surface area contributed by atoms with Gasteiger partial charge < -0.3 is 14.7 Å². The Balaban J connectivity index is 1.13. The van der Waals surface area contributed by atoms with Crippen LogP contribution >= 0.6 is 0 Å². The zero-order valence-corrected chi connectivity index (χ0v) is 34.9. The molecule has 0 unspecified atom stereocenters. The molecule has 9 aromatic carbocycles. The van der Waals surface area contributed by atoms with Gasteiger partial charge in [0.1, 0.15) is 0 Å². The molecule has 61 heavy (non-hydrogen) atoms. The number of hydrogen-bond acceptors (Lipinski definition) is 3. The van der Waals surface area contributed by atoms with E-state index in [1.165, 1.54) is 33.1 Å². The van der Waals surface area contributed by atoms with Gasteiger partial charge in [-0.2, -0.15) is 0 Å². The summed E-state index contributed by atoms with van der Waals surface area (Å²) in [5, 5.41) is 0. The highest BCUT2D eigenvalue weighted by molar-refractivity contribution is 6.95. The molecule has 0 atom stereocenters. The lowest BCUT2D eigenvalue weighted by molar-refractivity contribution is 1.28. The van der Waals surface area contributed by atoms with Crippen LogP contribution in [0.3, 0.4) is 0 Å². The highest BCUT2D eigenvalue weighted by Crippen LogP contribution is 2.37. The van der Waals surface area contributed by atoms with E-state index in [9.17, 15) is 0 Å². The summed E-state index contributed by atoms with van der Waals surface area (Å²) in [6.07, 6.45) is 0. The van der Waals surface area contributed by atoms with Gasteiger partial charge in [0.2, 0.25) is 6.71 Å². The molecular formula is C57H48BN3. The van der Waals surface area contributed by atoms with Crippen molar-refractivity contribution in [2.24, 2.45) is 0 Å². The SMILES string of the molecule is Cc1ccc(N(c2ccccc2)c2ccc(B(c3ccc(N(c4ccccc4)c4ccc(C)cc4)cc3)c3ccc(N(c4ccccc4)c4ccc(C)cc4)cc3)cc2)cc1. The molecular weight excluding hydrogens is 737 g/mol. The van der Waals surface area contributed by atoms with Crippen LogP contribution in [0.2, 0.25) is 0 Å². The van der Waals surface area contributed by atoms with Gasteiger partial charge in [-0.1, -0.05) is 160 Å². The Morgan fingerprint density at radius 2 is 0.393 bits per heavy atom. The normalized spacial score (nSPS) is 10.9. The minimum absolute atomic E-state index is 0.0178. The van der Waals surface area contributed by atoms with Gasteiger partial charge >= 0.3 is 0 Å². The smallest absolute Gasteiger partial charge is 0.241 e. The van der Waals surface area contributed by atoms with E-state index in [4.69, 9.17) is 0 Å². The fourth-order valence-corrected chi connectivity index (χ4v) is 8.18. The van der Waals surface area contributed by atoms with E-state index < -0.39 is 0 Å². The molecule has 0 spiro atoms. The van der Waals surface area contributed by atoms with Crippen molar-refractivity contribution in [3.05, 3.63) is 253 Å². The lowest BCUT2D eigenvalue weighted by Gasteiger charge is -2.27. The third kappa shape index (κ3) is 8.62. The Labute approximate surface area is 361 Å². The summed E-state index contributed by atoms with van der Waals surface area (Å²) in [6, 6.07) is 85.5. The third-order valence-electron chi connectivity index (χ3n) is 11.4. The van der Waals surface area contributed by atoms with Crippen LogP contribution in [-0.2, 0) is 0 Å². The Morgan fingerprint density at radius 1 is 0.213 bits per heavy atom. The molecule has 0 heterocycles. The standard InChI is InChI=1S/C57H48BN3/c1-43-19-31-52(32-20-43)59(49-13-7-4-8-14-49)55-37-25-46(26-38-55)58(47-27-39-56(40-28-47)60(50-15-9-5-10-16-50)53-33-21-44(2)22-34-53)48-29-41-57(42-30-48)61(51-17-11-6-12-18-51)54-35-23-45(3)24-36-54/h4-42H,1-3H3. The molecule has 4 heteroatoms. The van der Waals surface area contributed by atoms with Gasteiger partial charge in [-0.3, -0.25) is 0 Å². The Hall–Kier alpha value is -7.56. The van der Waals surface area contributed by atoms with E-state index in [0.717, 1.165) is 51.2 Å². The van der Waals surface area contributed by atoms with Crippen LogP contribution in [0.4, 0.5) is 51.2 Å². The average Bonchev–Trinajstić information content (AvgIpc) is 3.31. The second-order valence-corrected chi connectivity index (χ2v) is 15.7. The fraction of sp³-hybridized carbons (Fsp3) is 0.0526. The minimum Gasteiger partial charge on any atom is -0.311 e. The van der Waals surface area contributed by atoms with Gasteiger partial charge in [-0.15, -0.1) is 0 Å². The van der Waals surface area contributed by atoms with Crippen LogP contribution in [0, 0.1) is 20.8 Å². The number of benzene rings is 9. The van der Waals surface area contributed by atoms with Crippen molar-refractivity contribution >= 4 is 74.3 Å². The molecule has 9 rings (SSSR count). The number of anilines is 9. The van der Waals surface area contributed by atoms with Crippen molar-refractivity contribution in [2.45, 2.75) is 20.8 Å². The molecule has 0 saturated carbocycles. The average molecular weight is 786 g/mol. The van der Waals surface area contributed by atoms with E-state index in [2.05, 4.69) is 272 Å². The molecule has 0 aromatic heterocycles. The maximum Gasteiger partial charge on any atom is 0.241 e. The molecule has 0 aliphatic rings. The highest BCUT2D eigenvalue weighted by atomic mass is 15.2. The van der Waals surface area contributed by atoms with E-state index in [0.29, 0.717) is 0 Å². The summed E-state index contributed by atoms with van der Waals surface area (Å²) in [4.78, 5) is 6.98. The summed E-state index contributed by atoms with van der Waals surface area (Å²) in [5.74, 6) is 0. The van der Waals surface area contributed by atoms with Crippen molar-refractivity contribution < 1.29 is 0 Å². The molecule has 0 radical (unpaired) electrons. The van der Waals surface area contributed by atoms with Crippen molar-refractivity contribution in [2.75, 3.05) is 14.7 Å². The minimum atomic E-state index is -0.0178. The second kappa shape index (κ2) is 17.7. The third-order valence-corrected chi connectivity index (χ3v) is 11.4. The van der Waals surface area contributed by atoms with Crippen LogP contribution in [0.1, 0.15) is 16.7 Å². The topological polar surface area (TPSA) is 9.72 Å². The Morgan fingerprint density at radius 3 is 0.607 bits per heavy atom. The number of nitrogens with zero attached hydrogens (tertiary/aromatic N) is 3. The van der Waals surface area contributed by atoms with Gasteiger partial charge in [0.25, 0.3) is 0 Å². The van der Waals surface area contributed by atoms with E-state index in [1.54, 1.807) is 0 Å². The fourth-order valence-electron chi connectivity index (χ4n) is 8.18.